The van der Waals surface area contributed by atoms with E-state index in [-0.39, 0.29) is 68.9 Å². The first-order chi connectivity index (χ1) is 11.5. The molecule has 0 aromatic carbocycles. The van der Waals surface area contributed by atoms with Crippen molar-refractivity contribution in [3.05, 3.63) is 0 Å². The monoisotopic (exact) mass is 603 g/mol. The molecule has 23 heteroatoms. The average molecular weight is 603 g/mol. The van der Waals surface area contributed by atoms with Gasteiger partial charge in [-0.3, -0.25) is 0 Å². The van der Waals surface area contributed by atoms with Crippen LogP contribution in [0.1, 0.15) is 0 Å². The third-order valence-electron chi connectivity index (χ3n) is 3.35. The molecule has 6 N–H and O–H groups in total. The Labute approximate surface area is 206 Å². The average Bonchev–Trinajstić information content (AvgIpc) is 2.29. The van der Waals surface area contributed by atoms with Gasteiger partial charge in [-0.25, -0.2) is 79.0 Å². The molecule has 0 aliphatic heterocycles. The van der Waals surface area contributed by atoms with Crippen molar-refractivity contribution in [3.8, 4) is 0 Å². The Balaban J connectivity index is -0.000000451. The van der Waals surface area contributed by atoms with Crippen molar-refractivity contribution < 1.29 is 90.3 Å². The standard InChI is InChI=1S/2C3H3BF9N.Cs/c2*5-1(6,7)4(14,2(8,9)10)3(11,12)13;/h2*14H3;. The summed E-state index contributed by atoms with van der Waals surface area (Å²) in [6.07, 6.45) is -52.2. The fraction of sp³-hybridized carbons (Fsp3) is 1.00. The van der Waals surface area contributed by atoms with Gasteiger partial charge < -0.3 is 11.3 Å². The van der Waals surface area contributed by atoms with Gasteiger partial charge in [-0.2, -0.15) is 0 Å². The Morgan fingerprint density at radius 2 is 0.379 bits per heavy atom. The van der Waals surface area contributed by atoms with Crippen LogP contribution in [0.5, 0.6) is 0 Å². The van der Waals surface area contributed by atoms with E-state index in [0.29, 0.717) is 0 Å². The van der Waals surface area contributed by atoms with Crippen LogP contribution in [0.4, 0.5) is 79.0 Å². The molecule has 0 rings (SSSR count). The minimum Gasteiger partial charge on any atom is -0.529 e. The van der Waals surface area contributed by atoms with Crippen molar-refractivity contribution in [2.75, 3.05) is 0 Å². The van der Waals surface area contributed by atoms with E-state index >= 15 is 0 Å². The summed E-state index contributed by atoms with van der Waals surface area (Å²) in [4.78, 5) is 0. The molecule has 0 fully saturated rings. The quantitative estimate of drug-likeness (QED) is 0.317. The van der Waals surface area contributed by atoms with Crippen LogP contribution in [-0.4, -0.2) is 118 Å². The van der Waals surface area contributed by atoms with Crippen molar-refractivity contribution in [2.24, 2.45) is 0 Å². The molecule has 0 saturated carbocycles. The van der Waals surface area contributed by atoms with Crippen LogP contribution in [0, 0.1) is 0 Å². The topological polar surface area (TPSA) is 55.3 Å². The Bertz CT molecular complexity index is 401. The summed E-state index contributed by atoms with van der Waals surface area (Å²) >= 11 is 0. The van der Waals surface area contributed by atoms with Gasteiger partial charge in [0.05, 0.1) is 0 Å². The van der Waals surface area contributed by atoms with Gasteiger partial charge in [-0.15, -0.1) is 0 Å². The number of halogens is 18. The summed E-state index contributed by atoms with van der Waals surface area (Å²) in [5.74, 6) is 0. The zero-order valence-electron chi connectivity index (χ0n) is 13.4. The molecular weight excluding hydrogens is 597 g/mol. The first kappa shape index (κ1) is 34.5. The van der Waals surface area contributed by atoms with Gasteiger partial charge in [0.25, 0.3) is 0 Å². The summed E-state index contributed by atoms with van der Waals surface area (Å²) in [5.41, 5.74) is 2.54. The third-order valence-corrected chi connectivity index (χ3v) is 3.35. The van der Waals surface area contributed by atoms with Gasteiger partial charge in [0, 0.05) is 68.9 Å². The van der Waals surface area contributed by atoms with Crippen LogP contribution < -0.4 is 11.3 Å². The van der Waals surface area contributed by atoms with Crippen molar-refractivity contribution in [1.82, 2.24) is 0 Å². The van der Waals surface area contributed by atoms with Gasteiger partial charge in [0.2, 0.25) is 0 Å². The molecule has 0 aromatic rings. The SMILES string of the molecule is [Cs].[NH3+][B-](C(F)(F)F)(C(F)(F)F)C(F)(F)F.[NH3+][B-](C(F)(F)F)(C(F)(F)F)C(F)(F)F. The molecular formula is C6H6B2CsF18N2. The molecule has 0 amide bonds. The molecule has 0 unspecified atom stereocenters. The second-order valence-electron chi connectivity index (χ2n) is 5.34. The second-order valence-corrected chi connectivity index (χ2v) is 5.34. The zero-order chi connectivity index (χ0) is 24.0. The Morgan fingerprint density at radius 1 is 0.310 bits per heavy atom. The normalized spacial score (nSPS) is 15.3. The maximum absolute atomic E-state index is 11.6. The van der Waals surface area contributed by atoms with Gasteiger partial charge in [-0.05, 0) is 0 Å². The largest absolute Gasteiger partial charge is 0.529 e. The Hall–Kier alpha value is 0.842. The maximum atomic E-state index is 11.6. The van der Waals surface area contributed by atoms with Crippen molar-refractivity contribution >= 4 is 81.5 Å². The smallest absolute Gasteiger partial charge is 0.514 e. The molecule has 2 nitrogen and oxygen atoms in total. The molecule has 1 radical (unpaired) electrons. The van der Waals surface area contributed by atoms with Crippen LogP contribution in [0.15, 0.2) is 0 Å². The Kier molecular flexibility index (Phi) is 11.1. The van der Waals surface area contributed by atoms with Gasteiger partial charge in [-0.1, -0.05) is 0 Å². The summed E-state index contributed by atoms with van der Waals surface area (Å²) in [6.45, 7) is 0. The van der Waals surface area contributed by atoms with Crippen LogP contribution >= 0.6 is 0 Å². The van der Waals surface area contributed by atoms with E-state index in [9.17, 15) is 79.0 Å². The molecule has 173 valence electrons. The van der Waals surface area contributed by atoms with Crippen molar-refractivity contribution in [3.63, 3.8) is 0 Å². The fourth-order valence-electron chi connectivity index (χ4n) is 1.11. The summed E-state index contributed by atoms with van der Waals surface area (Å²) in [7, 11) is 0. The third kappa shape index (κ3) is 6.91. The van der Waals surface area contributed by atoms with Gasteiger partial charge in [0.1, 0.15) is 0 Å². The van der Waals surface area contributed by atoms with E-state index in [2.05, 4.69) is 0 Å². The minimum absolute atomic E-state index is 0. The Morgan fingerprint density at radius 3 is 0.379 bits per heavy atom. The van der Waals surface area contributed by atoms with Gasteiger partial charge >= 0.3 is 49.0 Å². The maximum Gasteiger partial charge on any atom is 0.514 e. The summed E-state index contributed by atoms with van der Waals surface area (Å²) < 4.78 is 209. The molecule has 0 atom stereocenters. The molecule has 0 saturated heterocycles. The predicted octanol–water partition coefficient (Wildman–Crippen LogP) is 2.58. The molecule has 0 aromatic heterocycles. The predicted molar refractivity (Wildman–Crippen MR) is 59.4 cm³/mol. The van der Waals surface area contributed by atoms with Crippen molar-refractivity contribution in [1.29, 1.82) is 0 Å². The van der Waals surface area contributed by atoms with Crippen LogP contribution in [0.3, 0.4) is 0 Å². The van der Waals surface area contributed by atoms with Crippen molar-refractivity contribution in [2.45, 2.75) is 36.5 Å². The fourth-order valence-corrected chi connectivity index (χ4v) is 1.11. The molecule has 0 spiro atoms. The molecule has 0 heterocycles. The van der Waals surface area contributed by atoms with E-state index in [1.165, 1.54) is 11.3 Å². The molecule has 0 bridgehead atoms. The summed E-state index contributed by atoms with van der Waals surface area (Å²) in [5, 5.41) is 0. The minimum atomic E-state index is -6.69. The first-order valence-electron chi connectivity index (χ1n) is 5.95. The number of hydrogen-bond acceptors (Lipinski definition) is 0. The van der Waals surface area contributed by atoms with Gasteiger partial charge in [0.15, 0.2) is 0 Å². The number of alkyl halides is 18. The van der Waals surface area contributed by atoms with E-state index < -0.39 is 49.0 Å². The molecule has 0 aliphatic rings. The zero-order valence-corrected chi connectivity index (χ0v) is 19.7. The molecule has 0 aliphatic carbocycles. The van der Waals surface area contributed by atoms with E-state index in [1.807, 2.05) is 0 Å². The molecule has 29 heavy (non-hydrogen) atoms. The number of rotatable bonds is 0. The van der Waals surface area contributed by atoms with E-state index in [4.69, 9.17) is 0 Å². The number of quaternary nitrogens is 2. The van der Waals surface area contributed by atoms with E-state index in [0.717, 1.165) is 0 Å². The van der Waals surface area contributed by atoms with Crippen LogP contribution in [0.2, 0.25) is 0 Å². The second kappa shape index (κ2) is 9.37. The summed E-state index contributed by atoms with van der Waals surface area (Å²) in [6, 6.07) is 0. The van der Waals surface area contributed by atoms with E-state index in [1.54, 1.807) is 0 Å². The van der Waals surface area contributed by atoms with Crippen LogP contribution in [-0.2, 0) is 0 Å². The first-order valence-corrected chi connectivity index (χ1v) is 5.95. The number of hydrogen-bond donors (Lipinski definition) is 2. The van der Waals surface area contributed by atoms with Crippen LogP contribution in [0.25, 0.3) is 0 Å².